The Kier molecular flexibility index (Phi) is 5.26. The summed E-state index contributed by atoms with van der Waals surface area (Å²) in [7, 11) is 0. The van der Waals surface area contributed by atoms with Gasteiger partial charge in [0.05, 0.1) is 0 Å². The Morgan fingerprint density at radius 2 is 2.00 bits per heavy atom. The fourth-order valence-corrected chi connectivity index (χ4v) is 0.771. The van der Waals surface area contributed by atoms with Crippen molar-refractivity contribution in [2.24, 2.45) is 5.73 Å². The second-order valence-corrected chi connectivity index (χ2v) is 2.27. The molecule has 0 aliphatic heterocycles. The van der Waals surface area contributed by atoms with Crippen LogP contribution in [0.15, 0.2) is 0 Å². The maximum Gasteiger partial charge on any atom is 0.0135 e. The van der Waals surface area contributed by atoms with Gasteiger partial charge < -0.3 is 5.73 Å². The van der Waals surface area contributed by atoms with Crippen LogP contribution < -0.4 is 5.73 Å². The van der Waals surface area contributed by atoms with Gasteiger partial charge in [-0.15, -0.1) is 0 Å². The summed E-state index contributed by atoms with van der Waals surface area (Å²) in [4.78, 5) is 0. The van der Waals surface area contributed by atoms with Crippen molar-refractivity contribution in [3.8, 4) is 0 Å². The third kappa shape index (κ3) is 4.51. The van der Waals surface area contributed by atoms with Crippen molar-refractivity contribution in [2.45, 2.75) is 12.5 Å². The van der Waals surface area contributed by atoms with Gasteiger partial charge >= 0.3 is 0 Å². The van der Waals surface area contributed by atoms with E-state index in [1.165, 1.54) is 0 Å². The first kappa shape index (κ1) is 7.66. The molecule has 0 aromatic carbocycles. The summed E-state index contributed by atoms with van der Waals surface area (Å²) in [5.74, 6) is 1.63. The molecular formula is C4H11NS2. The van der Waals surface area contributed by atoms with Crippen molar-refractivity contribution in [2.75, 3.05) is 11.5 Å². The molecule has 1 atom stereocenters. The molecule has 0 saturated carbocycles. The quantitative estimate of drug-likeness (QED) is 0.487. The lowest BCUT2D eigenvalue weighted by molar-refractivity contribution is 0.735. The highest BCUT2D eigenvalue weighted by Crippen LogP contribution is 1.91. The zero-order valence-corrected chi connectivity index (χ0v) is 5.96. The number of hydrogen-bond donors (Lipinski definition) is 3. The van der Waals surface area contributed by atoms with E-state index >= 15 is 0 Å². The number of rotatable bonds is 3. The number of nitrogens with two attached hydrogens (primary N) is 1. The van der Waals surface area contributed by atoms with E-state index in [4.69, 9.17) is 5.73 Å². The van der Waals surface area contributed by atoms with Crippen molar-refractivity contribution in [1.29, 1.82) is 0 Å². The van der Waals surface area contributed by atoms with Crippen molar-refractivity contribution >= 4 is 25.3 Å². The number of thiol groups is 2. The Morgan fingerprint density at radius 1 is 1.43 bits per heavy atom. The lowest BCUT2D eigenvalue weighted by Gasteiger charge is -2.02. The van der Waals surface area contributed by atoms with Gasteiger partial charge in [0.25, 0.3) is 0 Å². The molecule has 44 valence electrons. The molecule has 0 aliphatic carbocycles. The molecule has 7 heavy (non-hydrogen) atoms. The Balaban J connectivity index is 2.83. The first-order valence-corrected chi connectivity index (χ1v) is 3.55. The highest BCUT2D eigenvalue weighted by molar-refractivity contribution is 7.80. The van der Waals surface area contributed by atoms with Gasteiger partial charge in [0.2, 0.25) is 0 Å². The van der Waals surface area contributed by atoms with Crippen LogP contribution in [0.3, 0.4) is 0 Å². The Hall–Kier alpha value is 0.660. The molecule has 2 N–H and O–H groups in total. The second kappa shape index (κ2) is 4.81. The predicted molar refractivity (Wildman–Crippen MR) is 40.3 cm³/mol. The molecule has 0 aromatic heterocycles. The highest BCUT2D eigenvalue weighted by atomic mass is 32.1. The number of hydrogen-bond acceptors (Lipinski definition) is 3. The summed E-state index contributed by atoms with van der Waals surface area (Å²) in [5.41, 5.74) is 5.46. The maximum atomic E-state index is 5.46. The largest absolute Gasteiger partial charge is 0.327 e. The lowest BCUT2D eigenvalue weighted by atomic mass is 10.3. The SMILES string of the molecule is N[C@H](CS)CCS. The van der Waals surface area contributed by atoms with Crippen LogP contribution in [0.25, 0.3) is 0 Å². The highest BCUT2D eigenvalue weighted by Gasteiger charge is 1.93. The summed E-state index contributed by atoms with van der Waals surface area (Å²) in [6.45, 7) is 0. The molecule has 0 aromatic rings. The van der Waals surface area contributed by atoms with Gasteiger partial charge in [0.15, 0.2) is 0 Å². The summed E-state index contributed by atoms with van der Waals surface area (Å²) in [6, 6.07) is 0.237. The van der Waals surface area contributed by atoms with Crippen LogP contribution in [-0.4, -0.2) is 17.5 Å². The van der Waals surface area contributed by atoms with E-state index in [1.807, 2.05) is 0 Å². The van der Waals surface area contributed by atoms with Crippen LogP contribution >= 0.6 is 25.3 Å². The Labute approximate surface area is 55.5 Å². The van der Waals surface area contributed by atoms with Gasteiger partial charge in [0, 0.05) is 11.8 Å². The molecule has 0 radical (unpaired) electrons. The molecule has 0 unspecified atom stereocenters. The average molecular weight is 137 g/mol. The van der Waals surface area contributed by atoms with Gasteiger partial charge in [-0.05, 0) is 12.2 Å². The van der Waals surface area contributed by atoms with E-state index in [-0.39, 0.29) is 6.04 Å². The fraction of sp³-hybridized carbons (Fsp3) is 1.00. The summed E-state index contributed by atoms with van der Waals surface area (Å²) >= 11 is 7.99. The van der Waals surface area contributed by atoms with E-state index in [2.05, 4.69) is 25.3 Å². The van der Waals surface area contributed by atoms with E-state index in [1.54, 1.807) is 0 Å². The third-order valence-corrected chi connectivity index (χ3v) is 1.46. The summed E-state index contributed by atoms with van der Waals surface area (Å²) in [6.07, 6.45) is 0.965. The predicted octanol–water partition coefficient (Wildman–Crippen LogP) is 0.563. The van der Waals surface area contributed by atoms with Gasteiger partial charge in [-0.25, -0.2) is 0 Å². The molecule has 0 bridgehead atoms. The van der Waals surface area contributed by atoms with Gasteiger partial charge in [-0.2, -0.15) is 25.3 Å². The van der Waals surface area contributed by atoms with Crippen LogP contribution in [0.1, 0.15) is 6.42 Å². The topological polar surface area (TPSA) is 26.0 Å². The van der Waals surface area contributed by atoms with Gasteiger partial charge in [-0.3, -0.25) is 0 Å². The molecule has 0 spiro atoms. The normalized spacial score (nSPS) is 14.1. The summed E-state index contributed by atoms with van der Waals surface area (Å²) < 4.78 is 0. The average Bonchev–Trinajstić information content (AvgIpc) is 1.68. The molecular weight excluding hydrogens is 126 g/mol. The van der Waals surface area contributed by atoms with Crippen molar-refractivity contribution in [1.82, 2.24) is 0 Å². The first-order chi connectivity index (χ1) is 3.31. The van der Waals surface area contributed by atoms with Crippen LogP contribution in [0, 0.1) is 0 Å². The van der Waals surface area contributed by atoms with E-state index in [0.29, 0.717) is 0 Å². The van der Waals surface area contributed by atoms with Gasteiger partial charge in [-0.1, -0.05) is 0 Å². The molecule has 0 amide bonds. The minimum atomic E-state index is 0.237. The molecule has 0 fully saturated rings. The fourth-order valence-electron chi connectivity index (χ4n) is 0.257. The lowest BCUT2D eigenvalue weighted by Crippen LogP contribution is -2.21. The van der Waals surface area contributed by atoms with Crippen molar-refractivity contribution in [3.05, 3.63) is 0 Å². The van der Waals surface area contributed by atoms with E-state index < -0.39 is 0 Å². The third-order valence-electron chi connectivity index (χ3n) is 0.734. The van der Waals surface area contributed by atoms with Crippen molar-refractivity contribution in [3.63, 3.8) is 0 Å². The first-order valence-electron chi connectivity index (χ1n) is 2.28. The van der Waals surface area contributed by atoms with Crippen LogP contribution in [0.4, 0.5) is 0 Å². The van der Waals surface area contributed by atoms with Crippen molar-refractivity contribution < 1.29 is 0 Å². The van der Waals surface area contributed by atoms with E-state index in [9.17, 15) is 0 Å². The Bertz CT molecular complexity index is 40.7. The zero-order chi connectivity index (χ0) is 5.70. The van der Waals surface area contributed by atoms with Gasteiger partial charge in [0.1, 0.15) is 0 Å². The molecule has 0 aliphatic rings. The van der Waals surface area contributed by atoms with Crippen LogP contribution in [-0.2, 0) is 0 Å². The minimum absolute atomic E-state index is 0.237. The van der Waals surface area contributed by atoms with Crippen LogP contribution in [0.5, 0.6) is 0 Å². The van der Waals surface area contributed by atoms with Crippen LogP contribution in [0.2, 0.25) is 0 Å². The summed E-state index contributed by atoms with van der Waals surface area (Å²) in [5, 5.41) is 0. The van der Waals surface area contributed by atoms with E-state index in [0.717, 1.165) is 17.9 Å². The molecule has 0 saturated heterocycles. The maximum absolute atomic E-state index is 5.46. The molecule has 0 rings (SSSR count). The zero-order valence-electron chi connectivity index (χ0n) is 4.17. The molecule has 1 nitrogen and oxygen atoms in total. The Morgan fingerprint density at radius 3 is 2.14 bits per heavy atom. The molecule has 0 heterocycles. The minimum Gasteiger partial charge on any atom is -0.327 e. The second-order valence-electron chi connectivity index (χ2n) is 1.45. The smallest absolute Gasteiger partial charge is 0.0135 e. The monoisotopic (exact) mass is 137 g/mol. The standard InChI is InChI=1S/C4H11NS2/c5-4(3-7)1-2-6/h4,6-7H,1-3,5H2/t4-/m0/s1. The molecule has 3 heteroatoms.